The van der Waals surface area contributed by atoms with Gasteiger partial charge in [-0.1, -0.05) is 29.4 Å². The van der Waals surface area contributed by atoms with Gasteiger partial charge < -0.3 is 9.84 Å². The number of carbonyl (C=O) groups is 2. The number of aromatic nitrogens is 2. The van der Waals surface area contributed by atoms with Gasteiger partial charge in [0.2, 0.25) is 17.6 Å². The van der Waals surface area contributed by atoms with Crippen LogP contribution in [0.5, 0.6) is 0 Å². The largest absolute Gasteiger partial charge is 0.341 e. The average molecular weight is 372 g/mol. The van der Waals surface area contributed by atoms with Gasteiger partial charge in [-0.15, -0.1) is 0 Å². The molecule has 0 aliphatic carbocycles. The van der Waals surface area contributed by atoms with Gasteiger partial charge in [0.1, 0.15) is 0 Å². The molecule has 0 bridgehead atoms. The van der Waals surface area contributed by atoms with Crippen molar-refractivity contribution < 1.29 is 14.1 Å². The number of nitrogens with zero attached hydrogens (tertiary/aromatic N) is 4. The molecule has 0 unspecified atom stereocenters. The second-order valence-electron chi connectivity index (χ2n) is 6.51. The summed E-state index contributed by atoms with van der Waals surface area (Å²) >= 11 is 0. The zero-order chi connectivity index (χ0) is 19.2. The van der Waals surface area contributed by atoms with Gasteiger partial charge in [0.25, 0.3) is 0 Å². The van der Waals surface area contributed by atoms with Crippen molar-refractivity contribution in [3.8, 4) is 11.4 Å². The standard InChI is InChI=1S/C18H24N6O3/c1-13-5-3-4-6-14(13)17-21-16(27-22-17)12-24-9-7-23(8-10-24)11-15(25)20-18(26)19-2/h3-6H,7-12H2,1-2H3,(H2,19,20,25,26). The molecule has 3 amide bonds. The minimum atomic E-state index is -0.487. The number of urea groups is 1. The third-order valence-corrected chi connectivity index (χ3v) is 4.53. The molecule has 0 radical (unpaired) electrons. The van der Waals surface area contributed by atoms with Crippen LogP contribution in [0.25, 0.3) is 11.4 Å². The van der Waals surface area contributed by atoms with Crippen LogP contribution in [0.2, 0.25) is 0 Å². The van der Waals surface area contributed by atoms with Crippen LogP contribution >= 0.6 is 0 Å². The number of imide groups is 1. The Bertz CT molecular complexity index is 798. The van der Waals surface area contributed by atoms with Crippen LogP contribution in [-0.4, -0.2) is 71.7 Å². The van der Waals surface area contributed by atoms with Crippen molar-refractivity contribution in [1.82, 2.24) is 30.6 Å². The lowest BCUT2D eigenvalue weighted by atomic mass is 10.1. The van der Waals surface area contributed by atoms with Gasteiger partial charge in [0, 0.05) is 38.8 Å². The summed E-state index contributed by atoms with van der Waals surface area (Å²) in [6.07, 6.45) is 0. The third kappa shape index (κ3) is 5.11. The maximum Gasteiger partial charge on any atom is 0.321 e. The van der Waals surface area contributed by atoms with E-state index in [1.54, 1.807) is 0 Å². The van der Waals surface area contributed by atoms with Crippen molar-refractivity contribution in [3.63, 3.8) is 0 Å². The van der Waals surface area contributed by atoms with Crippen LogP contribution in [0.1, 0.15) is 11.5 Å². The molecule has 0 saturated carbocycles. The number of amides is 3. The Kier molecular flexibility index (Phi) is 6.15. The smallest absolute Gasteiger partial charge is 0.321 e. The molecule has 2 aromatic rings. The van der Waals surface area contributed by atoms with Gasteiger partial charge in [0.05, 0.1) is 13.1 Å². The van der Waals surface area contributed by atoms with Gasteiger partial charge in [-0.25, -0.2) is 4.79 Å². The molecule has 1 fully saturated rings. The lowest BCUT2D eigenvalue weighted by Crippen LogP contribution is -2.50. The molecule has 144 valence electrons. The van der Waals surface area contributed by atoms with Crippen molar-refractivity contribution in [3.05, 3.63) is 35.7 Å². The predicted octanol–water partition coefficient (Wildman–Crippen LogP) is 0.618. The summed E-state index contributed by atoms with van der Waals surface area (Å²) in [5.74, 6) is 0.884. The SMILES string of the molecule is CNC(=O)NC(=O)CN1CCN(Cc2nc(-c3ccccc3C)no2)CC1. The van der Waals surface area contributed by atoms with E-state index < -0.39 is 6.03 Å². The van der Waals surface area contributed by atoms with Crippen LogP contribution in [0.3, 0.4) is 0 Å². The Balaban J connectivity index is 1.48. The summed E-state index contributed by atoms with van der Waals surface area (Å²) in [7, 11) is 1.48. The minimum absolute atomic E-state index is 0.208. The number of carbonyl (C=O) groups excluding carboxylic acids is 2. The van der Waals surface area contributed by atoms with Crippen LogP contribution in [0.4, 0.5) is 4.79 Å². The number of hydrogen-bond donors (Lipinski definition) is 2. The maximum absolute atomic E-state index is 11.8. The molecule has 9 heteroatoms. The van der Waals surface area contributed by atoms with E-state index in [2.05, 4.69) is 25.7 Å². The van der Waals surface area contributed by atoms with E-state index in [1.807, 2.05) is 36.1 Å². The minimum Gasteiger partial charge on any atom is -0.341 e. The molecule has 0 spiro atoms. The van der Waals surface area contributed by atoms with E-state index in [0.717, 1.165) is 37.3 Å². The van der Waals surface area contributed by atoms with E-state index in [-0.39, 0.29) is 12.5 Å². The van der Waals surface area contributed by atoms with Crippen molar-refractivity contribution in [2.45, 2.75) is 13.5 Å². The van der Waals surface area contributed by atoms with Crippen LogP contribution < -0.4 is 10.6 Å². The fourth-order valence-electron chi connectivity index (χ4n) is 2.98. The van der Waals surface area contributed by atoms with Crippen LogP contribution in [0, 0.1) is 6.92 Å². The van der Waals surface area contributed by atoms with Crippen molar-refractivity contribution in [2.75, 3.05) is 39.8 Å². The molecule has 9 nitrogen and oxygen atoms in total. The highest BCUT2D eigenvalue weighted by Gasteiger charge is 2.21. The molecule has 2 N–H and O–H groups in total. The van der Waals surface area contributed by atoms with Crippen molar-refractivity contribution >= 4 is 11.9 Å². The van der Waals surface area contributed by atoms with Crippen LogP contribution in [-0.2, 0) is 11.3 Å². The molecule has 1 aromatic carbocycles. The van der Waals surface area contributed by atoms with Crippen molar-refractivity contribution in [1.29, 1.82) is 0 Å². The second kappa shape index (κ2) is 8.74. The third-order valence-electron chi connectivity index (χ3n) is 4.53. The van der Waals surface area contributed by atoms with E-state index in [1.165, 1.54) is 7.05 Å². The fourth-order valence-corrected chi connectivity index (χ4v) is 2.98. The molecule has 0 atom stereocenters. The van der Waals surface area contributed by atoms with Gasteiger partial charge in [0.15, 0.2) is 0 Å². The number of hydrogen-bond acceptors (Lipinski definition) is 7. The summed E-state index contributed by atoms with van der Waals surface area (Å²) in [5.41, 5.74) is 2.08. The summed E-state index contributed by atoms with van der Waals surface area (Å²) < 4.78 is 5.40. The summed E-state index contributed by atoms with van der Waals surface area (Å²) in [6.45, 7) is 5.85. The molecule has 1 aromatic heterocycles. The van der Waals surface area contributed by atoms with Gasteiger partial charge in [-0.05, 0) is 12.5 Å². The second-order valence-corrected chi connectivity index (χ2v) is 6.51. The molecule has 2 heterocycles. The number of aryl methyl sites for hydroxylation is 1. The quantitative estimate of drug-likeness (QED) is 0.793. The molecule has 1 aliphatic rings. The predicted molar refractivity (Wildman–Crippen MR) is 98.8 cm³/mol. The van der Waals surface area contributed by atoms with Gasteiger partial charge in [-0.2, -0.15) is 4.98 Å². The van der Waals surface area contributed by atoms with Crippen molar-refractivity contribution in [2.24, 2.45) is 0 Å². The van der Waals surface area contributed by atoms with E-state index in [9.17, 15) is 9.59 Å². The molecule has 1 aliphatic heterocycles. The molecular weight excluding hydrogens is 348 g/mol. The zero-order valence-electron chi connectivity index (χ0n) is 15.6. The first kappa shape index (κ1) is 19.0. The number of rotatable bonds is 5. The highest BCUT2D eigenvalue weighted by Crippen LogP contribution is 2.20. The topological polar surface area (TPSA) is 104 Å². The zero-order valence-corrected chi connectivity index (χ0v) is 15.6. The Morgan fingerprint density at radius 2 is 1.85 bits per heavy atom. The Morgan fingerprint density at radius 1 is 1.15 bits per heavy atom. The highest BCUT2D eigenvalue weighted by molar-refractivity contribution is 5.95. The fraction of sp³-hybridized carbons (Fsp3) is 0.444. The summed E-state index contributed by atoms with van der Waals surface area (Å²) in [4.78, 5) is 31.6. The van der Waals surface area contributed by atoms with Gasteiger partial charge in [-0.3, -0.25) is 19.9 Å². The molecule has 3 rings (SSSR count). The summed E-state index contributed by atoms with van der Waals surface area (Å²) in [5, 5.41) is 8.73. The Morgan fingerprint density at radius 3 is 2.56 bits per heavy atom. The maximum atomic E-state index is 11.8. The number of piperazine rings is 1. The normalized spacial score (nSPS) is 15.5. The number of benzene rings is 1. The molecule has 1 saturated heterocycles. The Hall–Kier alpha value is -2.78. The van der Waals surface area contributed by atoms with Crippen LogP contribution in [0.15, 0.2) is 28.8 Å². The number of nitrogens with one attached hydrogen (secondary N) is 2. The highest BCUT2D eigenvalue weighted by atomic mass is 16.5. The molecule has 27 heavy (non-hydrogen) atoms. The van der Waals surface area contributed by atoms with E-state index >= 15 is 0 Å². The monoisotopic (exact) mass is 372 g/mol. The lowest BCUT2D eigenvalue weighted by Gasteiger charge is -2.33. The van der Waals surface area contributed by atoms with E-state index in [0.29, 0.717) is 18.3 Å². The van der Waals surface area contributed by atoms with E-state index in [4.69, 9.17) is 4.52 Å². The summed E-state index contributed by atoms with van der Waals surface area (Å²) in [6, 6.07) is 7.45. The molecular formula is C18H24N6O3. The first-order chi connectivity index (χ1) is 13.0. The Labute approximate surface area is 157 Å². The first-order valence-corrected chi connectivity index (χ1v) is 8.90. The lowest BCUT2D eigenvalue weighted by molar-refractivity contribution is -0.121. The first-order valence-electron chi connectivity index (χ1n) is 8.90. The average Bonchev–Trinajstić information content (AvgIpc) is 3.11. The van der Waals surface area contributed by atoms with Gasteiger partial charge >= 0.3 is 6.03 Å².